The summed E-state index contributed by atoms with van der Waals surface area (Å²) in [7, 11) is 0. The van der Waals surface area contributed by atoms with Crippen LogP contribution in [0.1, 0.15) is 75.3 Å². The van der Waals surface area contributed by atoms with E-state index in [2.05, 4.69) is 82.1 Å². The summed E-state index contributed by atoms with van der Waals surface area (Å²) in [6.45, 7) is 15.4. The maximum Gasteiger partial charge on any atom is 0.335 e. The zero-order valence-corrected chi connectivity index (χ0v) is 23.2. The lowest BCUT2D eigenvalue weighted by Gasteiger charge is -2.45. The van der Waals surface area contributed by atoms with Crippen LogP contribution in [0.5, 0.6) is 0 Å². The fourth-order valence-corrected chi connectivity index (χ4v) is 6.48. The summed E-state index contributed by atoms with van der Waals surface area (Å²) in [4.78, 5) is 20.3. The average molecular weight is 506 g/mol. The molecule has 0 spiro atoms. The van der Waals surface area contributed by atoms with E-state index in [9.17, 15) is 9.90 Å². The first-order chi connectivity index (χ1) is 17.0. The highest BCUT2D eigenvalue weighted by Crippen LogP contribution is 2.50. The molecule has 2 aliphatic carbocycles. The highest BCUT2D eigenvalue weighted by atomic mass is 32.1. The Morgan fingerprint density at radius 3 is 2.58 bits per heavy atom. The number of carbonyl (C=O) groups is 1. The molecule has 1 heterocycles. The van der Waals surface area contributed by atoms with E-state index < -0.39 is 5.97 Å². The molecule has 1 atom stereocenters. The lowest BCUT2D eigenvalue weighted by molar-refractivity contribution is 0.0697. The number of allylic oxidation sites excluding steroid dienone is 4. The molecule has 192 valence electrons. The summed E-state index contributed by atoms with van der Waals surface area (Å²) in [6.07, 6.45) is 12.9. The van der Waals surface area contributed by atoms with Gasteiger partial charge in [-0.05, 0) is 48.6 Å². The van der Waals surface area contributed by atoms with Gasteiger partial charge in [0.2, 0.25) is 0 Å². The van der Waals surface area contributed by atoms with Crippen molar-refractivity contribution in [3.63, 3.8) is 0 Å². The number of hydrogen-bond donors (Lipinski definition) is 2. The molecule has 0 fully saturated rings. The fraction of sp³-hybridized carbons (Fsp3) is 0.467. The molecule has 0 saturated carbocycles. The molecule has 0 amide bonds. The second kappa shape index (κ2) is 10.3. The second-order valence-corrected chi connectivity index (χ2v) is 12.6. The van der Waals surface area contributed by atoms with E-state index in [0.29, 0.717) is 17.5 Å². The molecule has 6 heteroatoms. The van der Waals surface area contributed by atoms with Crippen molar-refractivity contribution in [2.75, 3.05) is 18.0 Å². The highest BCUT2D eigenvalue weighted by molar-refractivity contribution is 7.16. The number of hydrogen-bond acceptors (Lipinski definition) is 5. The van der Waals surface area contributed by atoms with E-state index >= 15 is 0 Å². The van der Waals surface area contributed by atoms with Crippen molar-refractivity contribution in [2.24, 2.45) is 5.92 Å². The maximum atomic E-state index is 11.4. The van der Waals surface area contributed by atoms with Crippen LogP contribution in [0.25, 0.3) is 0 Å². The van der Waals surface area contributed by atoms with Crippen LogP contribution in [0.2, 0.25) is 0 Å². The maximum absolute atomic E-state index is 11.4. The highest BCUT2D eigenvalue weighted by Gasteiger charge is 2.47. The van der Waals surface area contributed by atoms with Gasteiger partial charge in [-0.15, -0.1) is 11.3 Å². The third kappa shape index (κ3) is 5.50. The van der Waals surface area contributed by atoms with E-state index in [-0.39, 0.29) is 10.8 Å². The van der Waals surface area contributed by atoms with E-state index in [4.69, 9.17) is 4.98 Å². The van der Waals surface area contributed by atoms with Crippen molar-refractivity contribution >= 4 is 28.1 Å². The summed E-state index contributed by atoms with van der Waals surface area (Å²) in [5.41, 5.74) is 3.66. The summed E-state index contributed by atoms with van der Waals surface area (Å²) >= 11 is 1.79. The van der Waals surface area contributed by atoms with Crippen LogP contribution < -0.4 is 10.2 Å². The molecular formula is C30H39N3O2S. The predicted molar refractivity (Wildman–Crippen MR) is 151 cm³/mol. The van der Waals surface area contributed by atoms with Crippen LogP contribution in [0, 0.1) is 5.92 Å². The Morgan fingerprint density at radius 1 is 1.19 bits per heavy atom. The number of fused-ring (bicyclic) bond motifs is 1. The Kier molecular flexibility index (Phi) is 7.58. The smallest absolute Gasteiger partial charge is 0.335 e. The summed E-state index contributed by atoms with van der Waals surface area (Å²) in [5, 5.41) is 14.2. The monoisotopic (exact) mass is 505 g/mol. The van der Waals surface area contributed by atoms with Gasteiger partial charge in [0.25, 0.3) is 0 Å². The van der Waals surface area contributed by atoms with Crippen LogP contribution in [-0.4, -0.2) is 35.2 Å². The Balaban J connectivity index is 1.66. The molecular weight excluding hydrogens is 466 g/mol. The number of benzene rings is 1. The third-order valence-corrected chi connectivity index (χ3v) is 8.70. The largest absolute Gasteiger partial charge is 0.478 e. The van der Waals surface area contributed by atoms with Gasteiger partial charge in [0.15, 0.2) is 5.13 Å². The van der Waals surface area contributed by atoms with Gasteiger partial charge >= 0.3 is 5.97 Å². The number of carboxylic acids is 1. The number of nitrogens with zero attached hydrogens (tertiary/aromatic N) is 2. The van der Waals surface area contributed by atoms with Gasteiger partial charge in [-0.1, -0.05) is 71.9 Å². The average Bonchev–Trinajstić information content (AvgIpc) is 3.13. The van der Waals surface area contributed by atoms with Crippen molar-refractivity contribution in [3.05, 3.63) is 76.4 Å². The van der Waals surface area contributed by atoms with Gasteiger partial charge in [-0.25, -0.2) is 9.78 Å². The number of rotatable bonds is 8. The molecule has 1 aromatic carbocycles. The topological polar surface area (TPSA) is 65.5 Å². The van der Waals surface area contributed by atoms with Gasteiger partial charge in [-0.3, -0.25) is 0 Å². The number of thiazole rings is 1. The van der Waals surface area contributed by atoms with E-state index in [0.717, 1.165) is 36.8 Å². The summed E-state index contributed by atoms with van der Waals surface area (Å²) < 4.78 is 0. The van der Waals surface area contributed by atoms with Crippen LogP contribution in [0.15, 0.2) is 60.2 Å². The summed E-state index contributed by atoms with van der Waals surface area (Å²) in [5.74, 6) is -0.481. The van der Waals surface area contributed by atoms with Gasteiger partial charge < -0.3 is 15.3 Å². The predicted octanol–water partition coefficient (Wildman–Crippen LogP) is 7.00. The van der Waals surface area contributed by atoms with Crippen LogP contribution in [0.3, 0.4) is 0 Å². The molecule has 1 unspecified atom stereocenters. The Hall–Kier alpha value is -2.70. The van der Waals surface area contributed by atoms with Gasteiger partial charge in [-0.2, -0.15) is 0 Å². The molecule has 2 N–H and O–H groups in total. The zero-order valence-electron chi connectivity index (χ0n) is 22.3. The Labute approximate surface area is 219 Å². The zero-order chi connectivity index (χ0) is 26.1. The minimum absolute atomic E-state index is 0.00430. The molecule has 0 aliphatic heterocycles. The molecule has 2 aromatic rings. The number of aromatic carboxylic acids is 1. The molecule has 0 bridgehead atoms. The lowest BCUT2D eigenvalue weighted by Crippen LogP contribution is -2.52. The van der Waals surface area contributed by atoms with Gasteiger partial charge in [0, 0.05) is 40.5 Å². The van der Waals surface area contributed by atoms with E-state index in [1.165, 1.54) is 16.1 Å². The molecule has 36 heavy (non-hydrogen) atoms. The SMILES string of the molecule is CC(C)CN(c1ccc(C(=O)O)cc1)c1nc2c(s1)C(C)(C)CC(NCC1=CCC=CC=C1)C2(C)C. The molecule has 0 saturated heterocycles. The number of carboxylic acid groups (broad SMARTS) is 1. The molecule has 0 radical (unpaired) electrons. The van der Waals surface area contributed by atoms with Crippen molar-refractivity contribution in [2.45, 2.75) is 71.3 Å². The summed E-state index contributed by atoms with van der Waals surface area (Å²) in [6, 6.07) is 7.46. The molecule has 1 aromatic heterocycles. The van der Waals surface area contributed by atoms with E-state index in [1.807, 2.05) is 12.1 Å². The quantitative estimate of drug-likeness (QED) is 0.405. The van der Waals surface area contributed by atoms with Crippen LogP contribution in [-0.2, 0) is 10.8 Å². The van der Waals surface area contributed by atoms with Crippen molar-refractivity contribution in [1.82, 2.24) is 10.3 Å². The molecule has 5 nitrogen and oxygen atoms in total. The fourth-order valence-electron chi connectivity index (χ4n) is 5.11. The van der Waals surface area contributed by atoms with Crippen molar-refractivity contribution in [1.29, 1.82) is 0 Å². The van der Waals surface area contributed by atoms with Crippen LogP contribution >= 0.6 is 11.3 Å². The minimum Gasteiger partial charge on any atom is -0.478 e. The first-order valence-electron chi connectivity index (χ1n) is 12.9. The molecule has 2 aliphatic rings. The van der Waals surface area contributed by atoms with Crippen molar-refractivity contribution < 1.29 is 9.90 Å². The standard InChI is InChI=1S/C30H39N3O2S/c1-20(2)19-33(23-15-13-22(14-16-23)27(34)35)28-32-25-26(36-28)29(3,4)17-24(30(25,5)6)31-18-21-11-9-7-8-10-12-21/h7-9,11-16,20,24,31H,10,17-19H2,1-6H3,(H,34,35). The minimum atomic E-state index is -0.907. The Morgan fingerprint density at radius 2 is 1.92 bits per heavy atom. The molecule has 4 rings (SSSR count). The first-order valence-corrected chi connectivity index (χ1v) is 13.7. The van der Waals surface area contributed by atoms with Crippen LogP contribution in [0.4, 0.5) is 10.8 Å². The van der Waals surface area contributed by atoms with Crippen molar-refractivity contribution in [3.8, 4) is 0 Å². The second-order valence-electron chi connectivity index (χ2n) is 11.6. The Bertz CT molecular complexity index is 1190. The number of anilines is 2. The van der Waals surface area contributed by atoms with Gasteiger partial charge in [0.1, 0.15) is 0 Å². The number of aromatic nitrogens is 1. The van der Waals surface area contributed by atoms with Gasteiger partial charge in [0.05, 0.1) is 11.3 Å². The number of nitrogens with one attached hydrogen (secondary N) is 1. The van der Waals surface area contributed by atoms with E-state index in [1.54, 1.807) is 23.5 Å². The third-order valence-electron chi connectivity index (χ3n) is 7.26. The normalized spacial score (nSPS) is 20.1. The first kappa shape index (κ1) is 26.4. The lowest BCUT2D eigenvalue weighted by atomic mass is 9.65.